The lowest BCUT2D eigenvalue weighted by Gasteiger charge is -2.19. The molecule has 6 nitrogen and oxygen atoms in total. The smallest absolute Gasteiger partial charge is 0.326 e. The average Bonchev–Trinajstić information content (AvgIpc) is 2.66. The molecule has 1 saturated carbocycles. The molecular formula is C7H9NO5. The van der Waals surface area contributed by atoms with Crippen LogP contribution in [-0.2, 0) is 14.3 Å². The maximum absolute atomic E-state index is 10.7. The van der Waals surface area contributed by atoms with Gasteiger partial charge < -0.3 is 20.7 Å². The Kier molecular flexibility index (Phi) is 1.44. The van der Waals surface area contributed by atoms with Crippen LogP contribution >= 0.6 is 0 Å². The number of aliphatic carboxylic acids is 2. The van der Waals surface area contributed by atoms with Crippen molar-refractivity contribution < 1.29 is 24.5 Å². The van der Waals surface area contributed by atoms with Crippen molar-refractivity contribution in [2.75, 3.05) is 6.61 Å². The normalized spacial score (nSPS) is 47.0. The molecule has 13 heavy (non-hydrogen) atoms. The summed E-state index contributed by atoms with van der Waals surface area (Å²) in [5.74, 6) is -3.54. The van der Waals surface area contributed by atoms with E-state index in [2.05, 4.69) is 0 Å². The zero-order chi connectivity index (χ0) is 9.80. The molecule has 1 saturated heterocycles. The minimum absolute atomic E-state index is 0.0958. The number of hydrogen-bond donors (Lipinski definition) is 3. The van der Waals surface area contributed by atoms with E-state index < -0.39 is 35.4 Å². The molecule has 0 amide bonds. The number of ether oxygens (including phenoxy) is 1. The van der Waals surface area contributed by atoms with E-state index in [-0.39, 0.29) is 6.61 Å². The van der Waals surface area contributed by atoms with Gasteiger partial charge >= 0.3 is 11.9 Å². The van der Waals surface area contributed by atoms with E-state index in [0.717, 1.165) is 0 Å². The lowest BCUT2D eigenvalue weighted by molar-refractivity contribution is -0.147. The summed E-state index contributed by atoms with van der Waals surface area (Å²) in [5, 5.41) is 17.4. The van der Waals surface area contributed by atoms with E-state index in [1.807, 2.05) is 0 Å². The number of rotatable bonds is 2. The van der Waals surface area contributed by atoms with Crippen LogP contribution in [0.4, 0.5) is 0 Å². The summed E-state index contributed by atoms with van der Waals surface area (Å²) in [6.07, 6.45) is -0.501. The monoisotopic (exact) mass is 187 g/mol. The van der Waals surface area contributed by atoms with Gasteiger partial charge in [-0.25, -0.2) is 0 Å². The van der Waals surface area contributed by atoms with E-state index in [1.54, 1.807) is 0 Å². The first-order valence-electron chi connectivity index (χ1n) is 3.85. The largest absolute Gasteiger partial charge is 0.481 e. The van der Waals surface area contributed by atoms with Crippen LogP contribution in [0.15, 0.2) is 0 Å². The predicted octanol–water partition coefficient (Wildman–Crippen LogP) is -1.50. The molecular weight excluding hydrogens is 178 g/mol. The van der Waals surface area contributed by atoms with E-state index in [1.165, 1.54) is 0 Å². The van der Waals surface area contributed by atoms with Gasteiger partial charge in [0.25, 0.3) is 0 Å². The summed E-state index contributed by atoms with van der Waals surface area (Å²) >= 11 is 0. The summed E-state index contributed by atoms with van der Waals surface area (Å²) in [6.45, 7) is -0.0958. The Bertz CT molecular complexity index is 291. The number of carboxylic acids is 2. The van der Waals surface area contributed by atoms with Gasteiger partial charge in [0.15, 0.2) is 0 Å². The molecule has 1 heterocycles. The zero-order valence-corrected chi connectivity index (χ0v) is 6.64. The predicted molar refractivity (Wildman–Crippen MR) is 38.9 cm³/mol. The number of nitrogens with two attached hydrogens (primary N) is 1. The second-order valence-electron chi connectivity index (χ2n) is 3.51. The minimum atomic E-state index is -1.51. The highest BCUT2D eigenvalue weighted by atomic mass is 16.5. The second-order valence-corrected chi connectivity index (χ2v) is 3.51. The van der Waals surface area contributed by atoms with E-state index in [9.17, 15) is 9.59 Å². The summed E-state index contributed by atoms with van der Waals surface area (Å²) in [4.78, 5) is 21.3. The number of fused-ring (bicyclic) bond motifs is 1. The Morgan fingerprint density at radius 3 is 2.46 bits per heavy atom. The molecule has 72 valence electrons. The van der Waals surface area contributed by atoms with Gasteiger partial charge in [-0.3, -0.25) is 9.59 Å². The highest BCUT2D eigenvalue weighted by molar-refractivity contribution is 5.85. The molecule has 3 unspecified atom stereocenters. The first-order chi connectivity index (χ1) is 5.98. The molecule has 1 aliphatic carbocycles. The maximum Gasteiger partial charge on any atom is 0.326 e. The first kappa shape index (κ1) is 8.46. The second kappa shape index (κ2) is 2.21. The topological polar surface area (TPSA) is 110 Å². The van der Waals surface area contributed by atoms with Gasteiger partial charge in [-0.2, -0.15) is 0 Å². The Morgan fingerprint density at radius 2 is 2.08 bits per heavy atom. The van der Waals surface area contributed by atoms with E-state index in [0.29, 0.717) is 0 Å². The molecule has 2 fully saturated rings. The summed E-state index contributed by atoms with van der Waals surface area (Å²) in [7, 11) is 0. The first-order valence-corrected chi connectivity index (χ1v) is 3.85. The highest BCUT2D eigenvalue weighted by Crippen LogP contribution is 2.53. The van der Waals surface area contributed by atoms with Crippen LogP contribution in [0.1, 0.15) is 0 Å². The molecule has 0 aromatic rings. The third-order valence-corrected chi connectivity index (χ3v) is 2.75. The third kappa shape index (κ3) is 0.895. The van der Waals surface area contributed by atoms with Gasteiger partial charge in [0.2, 0.25) is 0 Å². The Balaban J connectivity index is 2.20. The van der Waals surface area contributed by atoms with Crippen LogP contribution in [0.5, 0.6) is 0 Å². The van der Waals surface area contributed by atoms with Gasteiger partial charge in [-0.15, -0.1) is 0 Å². The fraction of sp³-hybridized carbons (Fsp3) is 0.714. The third-order valence-electron chi connectivity index (χ3n) is 2.75. The van der Waals surface area contributed by atoms with Gasteiger partial charge in [0.1, 0.15) is 5.54 Å². The SMILES string of the molecule is NC1(C(=O)O)COC2C1[C@H]2C(=O)O. The van der Waals surface area contributed by atoms with Crippen molar-refractivity contribution in [1.82, 2.24) is 0 Å². The fourth-order valence-electron chi connectivity index (χ4n) is 1.93. The Labute approximate surface area is 73.3 Å². The van der Waals surface area contributed by atoms with E-state index >= 15 is 0 Å². The van der Waals surface area contributed by atoms with Crippen LogP contribution in [-0.4, -0.2) is 40.4 Å². The maximum atomic E-state index is 10.7. The molecule has 4 N–H and O–H groups in total. The Morgan fingerprint density at radius 1 is 1.46 bits per heavy atom. The van der Waals surface area contributed by atoms with Gasteiger partial charge in [0.05, 0.1) is 18.6 Å². The molecule has 0 spiro atoms. The van der Waals surface area contributed by atoms with Crippen molar-refractivity contribution in [2.45, 2.75) is 11.6 Å². The van der Waals surface area contributed by atoms with Crippen molar-refractivity contribution in [3.05, 3.63) is 0 Å². The minimum Gasteiger partial charge on any atom is -0.481 e. The molecule has 0 bridgehead atoms. The van der Waals surface area contributed by atoms with Crippen LogP contribution in [0.25, 0.3) is 0 Å². The molecule has 2 rings (SSSR count). The lowest BCUT2D eigenvalue weighted by atomic mass is 9.95. The van der Waals surface area contributed by atoms with Crippen LogP contribution in [0.3, 0.4) is 0 Å². The molecule has 0 radical (unpaired) electrons. The van der Waals surface area contributed by atoms with Crippen LogP contribution < -0.4 is 5.73 Å². The van der Waals surface area contributed by atoms with Gasteiger partial charge in [-0.1, -0.05) is 0 Å². The lowest BCUT2D eigenvalue weighted by Crippen LogP contribution is -2.52. The van der Waals surface area contributed by atoms with Crippen molar-refractivity contribution in [1.29, 1.82) is 0 Å². The number of hydrogen-bond acceptors (Lipinski definition) is 4. The van der Waals surface area contributed by atoms with Gasteiger partial charge in [0, 0.05) is 5.92 Å². The standard InChI is InChI=1S/C7H9NO5/c8-7(6(11)12)1-13-4-2(3(4)7)5(9)10/h2-4H,1,8H2,(H,9,10)(H,11,12)/t2-,3?,4?,7?/m1/s1. The van der Waals surface area contributed by atoms with Crippen LogP contribution in [0.2, 0.25) is 0 Å². The molecule has 0 aromatic carbocycles. The van der Waals surface area contributed by atoms with Gasteiger partial charge in [-0.05, 0) is 0 Å². The molecule has 4 atom stereocenters. The number of carbonyl (C=O) groups is 2. The Hall–Kier alpha value is -1.14. The van der Waals surface area contributed by atoms with Crippen LogP contribution in [0, 0.1) is 11.8 Å². The van der Waals surface area contributed by atoms with Crippen molar-refractivity contribution in [2.24, 2.45) is 17.6 Å². The highest BCUT2D eigenvalue weighted by Gasteiger charge is 2.72. The quantitative estimate of drug-likeness (QED) is 0.485. The molecule has 2 aliphatic rings. The average molecular weight is 187 g/mol. The number of carboxylic acid groups (broad SMARTS) is 2. The molecule has 0 aromatic heterocycles. The summed E-state index contributed by atoms with van der Waals surface area (Å²) < 4.78 is 4.99. The van der Waals surface area contributed by atoms with Crippen molar-refractivity contribution in [3.8, 4) is 0 Å². The van der Waals surface area contributed by atoms with Crippen molar-refractivity contribution >= 4 is 11.9 Å². The fourth-order valence-corrected chi connectivity index (χ4v) is 1.93. The van der Waals surface area contributed by atoms with E-state index in [4.69, 9.17) is 20.7 Å². The molecule has 6 heteroatoms. The summed E-state index contributed by atoms with van der Waals surface area (Å²) in [5.41, 5.74) is 4.02. The zero-order valence-electron chi connectivity index (χ0n) is 6.64. The molecule has 1 aliphatic heterocycles. The van der Waals surface area contributed by atoms with Crippen molar-refractivity contribution in [3.63, 3.8) is 0 Å². The summed E-state index contributed by atoms with van der Waals surface area (Å²) in [6, 6.07) is 0.